The number of carbonyl (C=O) groups excluding carboxylic acids is 2. The highest BCUT2D eigenvalue weighted by Gasteiger charge is 2.21. The Morgan fingerprint density at radius 2 is 1.95 bits per heavy atom. The molecule has 0 aliphatic carbocycles. The van der Waals surface area contributed by atoms with Gasteiger partial charge in [-0.3, -0.25) is 9.69 Å². The molecule has 0 saturated heterocycles. The van der Waals surface area contributed by atoms with Crippen LogP contribution in [0.15, 0.2) is 47.2 Å². The summed E-state index contributed by atoms with van der Waals surface area (Å²) in [4.78, 5) is 24.9. The molecule has 1 aromatic heterocycles. The Morgan fingerprint density at radius 3 is 2.57 bits per heavy atom. The van der Waals surface area contributed by atoms with Crippen LogP contribution in [0.3, 0.4) is 0 Å². The second-order valence-electron chi connectivity index (χ2n) is 4.18. The minimum atomic E-state index is -0.581. The highest BCUT2D eigenvalue weighted by atomic mass is 32.1. The van der Waals surface area contributed by atoms with E-state index in [0.29, 0.717) is 5.69 Å². The minimum Gasteiger partial charge on any atom is -0.468 e. The molecule has 0 bridgehead atoms. The van der Waals surface area contributed by atoms with Crippen molar-refractivity contribution in [3.63, 3.8) is 0 Å². The fraction of sp³-hybridized carbons (Fsp3) is 0.200. The van der Waals surface area contributed by atoms with Crippen molar-refractivity contribution < 1.29 is 19.1 Å². The van der Waals surface area contributed by atoms with Crippen molar-refractivity contribution >= 4 is 29.1 Å². The van der Waals surface area contributed by atoms with Crippen LogP contribution in [0.1, 0.15) is 5.56 Å². The summed E-state index contributed by atoms with van der Waals surface area (Å²) in [5, 5.41) is 3.59. The molecule has 1 heterocycles. The SMILES string of the molecule is COC(=O)CN(C(=O)OCc1ccccc1)c1ccsc1. The molecule has 0 aliphatic rings. The van der Waals surface area contributed by atoms with E-state index in [1.165, 1.54) is 23.3 Å². The number of nitrogens with zero attached hydrogens (tertiary/aromatic N) is 1. The summed E-state index contributed by atoms with van der Waals surface area (Å²) in [6.45, 7) is -0.0255. The molecule has 0 N–H and O–H groups in total. The standard InChI is InChI=1S/C15H15NO4S/c1-19-14(17)9-16(13-7-8-21-11-13)15(18)20-10-12-5-3-2-4-6-12/h2-8,11H,9-10H2,1H3. The van der Waals surface area contributed by atoms with Crippen molar-refractivity contribution in [2.45, 2.75) is 6.61 Å². The maximum absolute atomic E-state index is 12.2. The van der Waals surface area contributed by atoms with Crippen LogP contribution >= 0.6 is 11.3 Å². The number of carbonyl (C=O) groups is 2. The van der Waals surface area contributed by atoms with Gasteiger partial charge in [-0.05, 0) is 17.0 Å². The highest BCUT2D eigenvalue weighted by Crippen LogP contribution is 2.19. The Hall–Kier alpha value is -2.34. The molecule has 6 heteroatoms. The van der Waals surface area contributed by atoms with Crippen molar-refractivity contribution in [3.8, 4) is 0 Å². The number of ether oxygens (including phenoxy) is 2. The molecule has 1 amide bonds. The third kappa shape index (κ3) is 4.32. The molecular formula is C15H15NO4S. The van der Waals surface area contributed by atoms with Gasteiger partial charge in [0.05, 0.1) is 12.8 Å². The summed E-state index contributed by atoms with van der Waals surface area (Å²) < 4.78 is 9.85. The molecule has 0 radical (unpaired) electrons. The number of anilines is 1. The highest BCUT2D eigenvalue weighted by molar-refractivity contribution is 7.08. The van der Waals surface area contributed by atoms with Gasteiger partial charge in [-0.25, -0.2) is 4.79 Å². The fourth-order valence-electron chi connectivity index (χ4n) is 1.66. The van der Waals surface area contributed by atoms with E-state index in [9.17, 15) is 9.59 Å². The lowest BCUT2D eigenvalue weighted by atomic mass is 10.2. The summed E-state index contributed by atoms with van der Waals surface area (Å²) in [6, 6.07) is 11.1. The Bertz CT molecular complexity index is 583. The van der Waals surface area contributed by atoms with Gasteiger partial charge < -0.3 is 9.47 Å². The minimum absolute atomic E-state index is 0.154. The van der Waals surface area contributed by atoms with Gasteiger partial charge in [-0.1, -0.05) is 30.3 Å². The second kappa shape index (κ2) is 7.44. The first kappa shape index (κ1) is 15.1. The van der Waals surface area contributed by atoms with Gasteiger partial charge in [-0.2, -0.15) is 11.3 Å². The topological polar surface area (TPSA) is 55.8 Å². The first-order valence-corrected chi connectivity index (χ1v) is 7.22. The molecule has 1 aromatic carbocycles. The van der Waals surface area contributed by atoms with Gasteiger partial charge in [0.15, 0.2) is 0 Å². The summed E-state index contributed by atoms with van der Waals surface area (Å²) in [6.07, 6.45) is -0.581. The fourth-order valence-corrected chi connectivity index (χ4v) is 2.30. The van der Waals surface area contributed by atoms with Crippen molar-refractivity contribution in [3.05, 3.63) is 52.7 Å². The molecule has 0 saturated carbocycles. The van der Waals surface area contributed by atoms with Gasteiger partial charge in [0, 0.05) is 5.38 Å². The van der Waals surface area contributed by atoms with E-state index in [2.05, 4.69) is 4.74 Å². The van der Waals surface area contributed by atoms with Crippen LogP contribution in [-0.4, -0.2) is 25.7 Å². The first-order valence-electron chi connectivity index (χ1n) is 6.28. The Kier molecular flexibility index (Phi) is 5.34. The van der Waals surface area contributed by atoms with Crippen LogP contribution in [0, 0.1) is 0 Å². The lowest BCUT2D eigenvalue weighted by Gasteiger charge is -2.19. The third-order valence-electron chi connectivity index (χ3n) is 2.76. The lowest BCUT2D eigenvalue weighted by Crippen LogP contribution is -2.36. The average molecular weight is 305 g/mol. The Labute approximate surface area is 126 Å². The van der Waals surface area contributed by atoms with Gasteiger partial charge in [0.2, 0.25) is 0 Å². The number of benzene rings is 1. The van der Waals surface area contributed by atoms with Crippen LogP contribution in [0.4, 0.5) is 10.5 Å². The van der Waals surface area contributed by atoms with Gasteiger partial charge in [-0.15, -0.1) is 0 Å². The maximum Gasteiger partial charge on any atom is 0.415 e. The molecule has 0 atom stereocenters. The molecule has 0 aliphatic heterocycles. The largest absolute Gasteiger partial charge is 0.468 e. The van der Waals surface area contributed by atoms with Crippen LogP contribution < -0.4 is 4.90 Å². The molecule has 0 spiro atoms. The normalized spacial score (nSPS) is 9.95. The molecule has 0 fully saturated rings. The predicted octanol–water partition coefficient (Wildman–Crippen LogP) is 3.06. The zero-order valence-corrected chi connectivity index (χ0v) is 12.3. The number of hydrogen-bond acceptors (Lipinski definition) is 5. The monoisotopic (exact) mass is 305 g/mol. The van der Waals surface area contributed by atoms with E-state index in [1.807, 2.05) is 35.7 Å². The molecule has 2 aromatic rings. The summed E-state index contributed by atoms with van der Waals surface area (Å²) in [5.74, 6) is -0.502. The van der Waals surface area contributed by atoms with Gasteiger partial charge in [0.1, 0.15) is 13.2 Å². The van der Waals surface area contributed by atoms with Gasteiger partial charge in [0.25, 0.3) is 0 Å². The van der Waals surface area contributed by atoms with Crippen molar-refractivity contribution in [2.75, 3.05) is 18.6 Å². The smallest absolute Gasteiger partial charge is 0.415 e. The molecule has 2 rings (SSSR count). The van der Waals surface area contributed by atoms with Crippen LogP contribution in [0.2, 0.25) is 0 Å². The maximum atomic E-state index is 12.2. The number of hydrogen-bond donors (Lipinski definition) is 0. The first-order chi connectivity index (χ1) is 10.2. The predicted molar refractivity (Wildman–Crippen MR) is 80.3 cm³/mol. The quantitative estimate of drug-likeness (QED) is 0.797. The second-order valence-corrected chi connectivity index (χ2v) is 4.96. The van der Waals surface area contributed by atoms with Crippen LogP contribution in [-0.2, 0) is 20.9 Å². The van der Waals surface area contributed by atoms with E-state index in [0.717, 1.165) is 5.56 Å². The third-order valence-corrected chi connectivity index (χ3v) is 3.43. The van der Waals surface area contributed by atoms with Gasteiger partial charge >= 0.3 is 12.1 Å². The number of methoxy groups -OCH3 is 1. The molecule has 5 nitrogen and oxygen atoms in total. The Morgan fingerprint density at radius 1 is 1.19 bits per heavy atom. The van der Waals surface area contributed by atoms with E-state index in [-0.39, 0.29) is 13.2 Å². The number of esters is 1. The molecular weight excluding hydrogens is 290 g/mol. The summed E-state index contributed by atoms with van der Waals surface area (Å²) in [5.41, 5.74) is 1.50. The van der Waals surface area contributed by atoms with Crippen molar-refractivity contribution in [1.82, 2.24) is 0 Å². The van der Waals surface area contributed by atoms with Crippen molar-refractivity contribution in [1.29, 1.82) is 0 Å². The molecule has 110 valence electrons. The summed E-state index contributed by atoms with van der Waals surface area (Å²) in [7, 11) is 1.28. The summed E-state index contributed by atoms with van der Waals surface area (Å²) >= 11 is 1.43. The lowest BCUT2D eigenvalue weighted by molar-refractivity contribution is -0.138. The molecule has 0 unspecified atom stereocenters. The zero-order chi connectivity index (χ0) is 15.1. The number of rotatable bonds is 5. The zero-order valence-electron chi connectivity index (χ0n) is 11.5. The van der Waals surface area contributed by atoms with E-state index in [1.54, 1.807) is 11.4 Å². The number of thiophene rings is 1. The van der Waals surface area contributed by atoms with E-state index < -0.39 is 12.1 Å². The van der Waals surface area contributed by atoms with E-state index in [4.69, 9.17) is 4.74 Å². The Balaban J connectivity index is 2.02. The number of amides is 1. The van der Waals surface area contributed by atoms with Crippen molar-refractivity contribution in [2.24, 2.45) is 0 Å². The average Bonchev–Trinajstić information content (AvgIpc) is 3.05. The van der Waals surface area contributed by atoms with Crippen LogP contribution in [0.5, 0.6) is 0 Å². The van der Waals surface area contributed by atoms with E-state index >= 15 is 0 Å². The van der Waals surface area contributed by atoms with Crippen LogP contribution in [0.25, 0.3) is 0 Å². The molecule has 21 heavy (non-hydrogen) atoms.